The quantitative estimate of drug-likeness (QED) is 0.821. The van der Waals surface area contributed by atoms with Crippen LogP contribution >= 0.6 is 35.0 Å². The first-order valence-electron chi connectivity index (χ1n) is 6.17. The Morgan fingerprint density at radius 3 is 2.86 bits per heavy atom. The number of allylic oxidation sites excluding steroid dienone is 1. The average molecular weight is 357 g/mol. The average Bonchev–Trinajstić information content (AvgIpc) is 2.89. The molecule has 3 rings (SSSR count). The van der Waals surface area contributed by atoms with Gasteiger partial charge in [-0.2, -0.15) is 4.98 Å². The molecule has 0 radical (unpaired) electrons. The number of nitrogens with one attached hydrogen (secondary N) is 1. The largest absolute Gasteiger partial charge is 0.477 e. The van der Waals surface area contributed by atoms with Crippen LogP contribution in [0.2, 0.25) is 10.0 Å². The molecule has 2 aromatic rings. The lowest BCUT2D eigenvalue weighted by Gasteiger charge is -2.23. The Hall–Kier alpha value is -1.70. The van der Waals surface area contributed by atoms with Gasteiger partial charge in [-0.05, 0) is 30.0 Å². The highest BCUT2D eigenvalue weighted by Gasteiger charge is 2.28. The number of nitrogens with zero attached hydrogens (tertiary/aromatic N) is 3. The third-order valence-corrected chi connectivity index (χ3v) is 4.24. The van der Waals surface area contributed by atoms with Gasteiger partial charge >= 0.3 is 5.97 Å². The van der Waals surface area contributed by atoms with E-state index in [0.717, 1.165) is 0 Å². The topological polar surface area (TPSA) is 80.0 Å². The molecule has 1 aliphatic heterocycles. The summed E-state index contributed by atoms with van der Waals surface area (Å²) < 4.78 is 1.60. The molecule has 0 fully saturated rings. The van der Waals surface area contributed by atoms with E-state index in [1.54, 1.807) is 29.0 Å². The molecule has 2 N–H and O–H groups in total. The molecule has 1 aliphatic rings. The number of hydrogen-bond donors (Lipinski definition) is 2. The molecular weight excluding hydrogens is 347 g/mol. The molecule has 0 unspecified atom stereocenters. The molecule has 22 heavy (non-hydrogen) atoms. The van der Waals surface area contributed by atoms with Gasteiger partial charge in [-0.25, -0.2) is 9.48 Å². The SMILES string of the molecule is CSc1nc2n(n1)[C@H](c1ccc(Cl)cc1Cl)C=C(C(=O)O)N2. The van der Waals surface area contributed by atoms with Gasteiger partial charge in [0.1, 0.15) is 11.7 Å². The molecule has 1 aromatic carbocycles. The Morgan fingerprint density at radius 1 is 1.45 bits per heavy atom. The first-order valence-corrected chi connectivity index (χ1v) is 8.15. The van der Waals surface area contributed by atoms with Crippen molar-refractivity contribution in [2.75, 3.05) is 11.6 Å². The second kappa shape index (κ2) is 5.83. The number of hydrogen-bond acceptors (Lipinski definition) is 5. The van der Waals surface area contributed by atoms with Crippen molar-refractivity contribution >= 4 is 46.9 Å². The van der Waals surface area contributed by atoms with Gasteiger partial charge in [0.15, 0.2) is 0 Å². The Labute approximate surface area is 140 Å². The van der Waals surface area contributed by atoms with Crippen LogP contribution in [0, 0.1) is 0 Å². The fourth-order valence-corrected chi connectivity index (χ4v) is 3.02. The van der Waals surface area contributed by atoms with Gasteiger partial charge in [-0.1, -0.05) is 41.0 Å². The Morgan fingerprint density at radius 2 is 2.23 bits per heavy atom. The summed E-state index contributed by atoms with van der Waals surface area (Å²) >= 11 is 13.5. The summed E-state index contributed by atoms with van der Waals surface area (Å²) in [7, 11) is 0. The van der Waals surface area contributed by atoms with Crippen molar-refractivity contribution in [3.8, 4) is 0 Å². The highest BCUT2D eigenvalue weighted by molar-refractivity contribution is 7.98. The van der Waals surface area contributed by atoms with Crippen LogP contribution in [0.4, 0.5) is 5.95 Å². The number of carboxylic acids is 1. The normalized spacial score (nSPS) is 16.7. The Kier molecular flexibility index (Phi) is 4.03. The first kappa shape index (κ1) is 15.2. The predicted octanol–water partition coefficient (Wildman–Crippen LogP) is 3.29. The van der Waals surface area contributed by atoms with Crippen molar-refractivity contribution < 1.29 is 9.90 Å². The van der Waals surface area contributed by atoms with Crippen LogP contribution in [0.5, 0.6) is 0 Å². The number of benzene rings is 1. The standard InChI is InChI=1S/C13H10Cl2N4O2S/c1-22-13-17-12-16-9(11(20)21)5-10(19(12)18-13)7-3-2-6(14)4-8(7)15/h2-5,10H,1H3,(H,20,21)(H,16,17,18)/t10-/m0/s1. The fourth-order valence-electron chi connectivity index (χ4n) is 2.15. The molecule has 2 heterocycles. The van der Waals surface area contributed by atoms with Crippen LogP contribution in [0.1, 0.15) is 11.6 Å². The zero-order valence-electron chi connectivity index (χ0n) is 11.2. The minimum Gasteiger partial charge on any atom is -0.477 e. The second-order valence-electron chi connectivity index (χ2n) is 4.49. The van der Waals surface area contributed by atoms with Crippen LogP contribution in [0.3, 0.4) is 0 Å². The van der Waals surface area contributed by atoms with Crippen molar-refractivity contribution in [3.05, 3.63) is 45.6 Å². The lowest BCUT2D eigenvalue weighted by molar-refractivity contribution is -0.132. The molecule has 0 amide bonds. The third-order valence-electron chi connectivity index (χ3n) is 3.14. The molecule has 0 spiro atoms. The zero-order chi connectivity index (χ0) is 15.9. The predicted molar refractivity (Wildman–Crippen MR) is 85.7 cm³/mol. The molecule has 6 nitrogen and oxygen atoms in total. The van der Waals surface area contributed by atoms with Gasteiger partial charge in [0.25, 0.3) is 0 Å². The van der Waals surface area contributed by atoms with E-state index in [1.807, 2.05) is 6.26 Å². The van der Waals surface area contributed by atoms with Crippen LogP contribution in [-0.4, -0.2) is 32.1 Å². The number of fused-ring (bicyclic) bond motifs is 1. The van der Waals surface area contributed by atoms with Gasteiger partial charge in [-0.3, -0.25) is 0 Å². The Balaban J connectivity index is 2.15. The van der Waals surface area contributed by atoms with E-state index in [0.29, 0.717) is 26.7 Å². The summed E-state index contributed by atoms with van der Waals surface area (Å²) in [6, 6.07) is 4.59. The number of rotatable bonds is 3. The maximum atomic E-state index is 11.3. The highest BCUT2D eigenvalue weighted by Crippen LogP contribution is 2.34. The van der Waals surface area contributed by atoms with Crippen molar-refractivity contribution in [3.63, 3.8) is 0 Å². The van der Waals surface area contributed by atoms with E-state index >= 15 is 0 Å². The lowest BCUT2D eigenvalue weighted by Crippen LogP contribution is -2.24. The number of anilines is 1. The van der Waals surface area contributed by atoms with E-state index in [2.05, 4.69) is 15.4 Å². The van der Waals surface area contributed by atoms with Crippen LogP contribution in [-0.2, 0) is 4.79 Å². The monoisotopic (exact) mass is 356 g/mol. The fraction of sp³-hybridized carbons (Fsp3) is 0.154. The molecule has 1 atom stereocenters. The highest BCUT2D eigenvalue weighted by atomic mass is 35.5. The lowest BCUT2D eigenvalue weighted by atomic mass is 10.0. The zero-order valence-corrected chi connectivity index (χ0v) is 13.6. The molecular formula is C13H10Cl2N4O2S. The summed E-state index contributed by atoms with van der Waals surface area (Å²) in [6.07, 6.45) is 3.39. The summed E-state index contributed by atoms with van der Waals surface area (Å²) in [6.45, 7) is 0. The minimum atomic E-state index is -1.07. The van der Waals surface area contributed by atoms with Crippen LogP contribution in [0.25, 0.3) is 0 Å². The van der Waals surface area contributed by atoms with Gasteiger partial charge in [0, 0.05) is 10.0 Å². The molecule has 0 saturated carbocycles. The van der Waals surface area contributed by atoms with Crippen molar-refractivity contribution in [1.82, 2.24) is 14.8 Å². The molecule has 0 aliphatic carbocycles. The van der Waals surface area contributed by atoms with E-state index in [9.17, 15) is 9.90 Å². The van der Waals surface area contributed by atoms with Crippen LogP contribution in [0.15, 0.2) is 35.1 Å². The number of aromatic nitrogens is 3. The van der Waals surface area contributed by atoms with Gasteiger partial charge in [0.05, 0.1) is 0 Å². The summed E-state index contributed by atoms with van der Waals surface area (Å²) in [5, 5.41) is 17.9. The van der Waals surface area contributed by atoms with Crippen LogP contribution < -0.4 is 5.32 Å². The molecule has 114 valence electrons. The number of halogens is 2. The molecule has 0 bridgehead atoms. The van der Waals surface area contributed by atoms with E-state index in [1.165, 1.54) is 11.8 Å². The van der Waals surface area contributed by atoms with E-state index in [-0.39, 0.29) is 5.70 Å². The summed E-state index contributed by atoms with van der Waals surface area (Å²) in [5.74, 6) is -0.713. The number of carbonyl (C=O) groups is 1. The minimum absolute atomic E-state index is 0.0311. The van der Waals surface area contributed by atoms with Gasteiger partial charge in [-0.15, -0.1) is 5.10 Å². The molecule has 1 aromatic heterocycles. The van der Waals surface area contributed by atoms with E-state index < -0.39 is 12.0 Å². The Bertz CT molecular complexity index is 790. The summed E-state index contributed by atoms with van der Waals surface area (Å²) in [5.41, 5.74) is 0.730. The van der Waals surface area contributed by atoms with Gasteiger partial charge < -0.3 is 10.4 Å². The first-order chi connectivity index (χ1) is 10.5. The van der Waals surface area contributed by atoms with E-state index in [4.69, 9.17) is 23.2 Å². The smallest absolute Gasteiger partial charge is 0.352 e. The third kappa shape index (κ3) is 2.67. The maximum absolute atomic E-state index is 11.3. The van der Waals surface area contributed by atoms with Crippen molar-refractivity contribution in [2.24, 2.45) is 0 Å². The number of aliphatic carboxylic acids is 1. The van der Waals surface area contributed by atoms with Crippen molar-refractivity contribution in [1.29, 1.82) is 0 Å². The number of carboxylic acid groups (broad SMARTS) is 1. The summed E-state index contributed by atoms with van der Waals surface area (Å²) in [4.78, 5) is 15.6. The maximum Gasteiger partial charge on any atom is 0.352 e. The number of thioether (sulfide) groups is 1. The molecule has 9 heteroatoms. The van der Waals surface area contributed by atoms with Gasteiger partial charge in [0.2, 0.25) is 11.1 Å². The second-order valence-corrected chi connectivity index (χ2v) is 6.10. The van der Waals surface area contributed by atoms with Crippen molar-refractivity contribution in [2.45, 2.75) is 11.2 Å². The molecule has 0 saturated heterocycles.